The highest BCUT2D eigenvalue weighted by Gasteiger charge is 2.14. The number of halogens is 2. The van der Waals surface area contributed by atoms with Crippen LogP contribution in [0.5, 0.6) is 0 Å². The van der Waals surface area contributed by atoms with Crippen LogP contribution in [-0.2, 0) is 9.05 Å². The molecule has 0 unspecified atom stereocenters. The van der Waals surface area contributed by atoms with Crippen molar-refractivity contribution in [1.29, 1.82) is 0 Å². The number of rotatable bonds is 3. The van der Waals surface area contributed by atoms with Crippen LogP contribution in [0, 0.1) is 5.82 Å². The summed E-state index contributed by atoms with van der Waals surface area (Å²) >= 11 is 0. The van der Waals surface area contributed by atoms with E-state index in [2.05, 4.69) is 5.32 Å². The summed E-state index contributed by atoms with van der Waals surface area (Å²) in [5, 5.41) is 2.35. The standard InChI is InChI=1S/C13H9ClFNO3S/c14-20(18,19)10-6-7-12(11(15)8-10)16-13(17)9-4-2-1-3-5-9/h1-8H,(H,16,17). The highest BCUT2D eigenvalue weighted by atomic mass is 35.7. The Morgan fingerprint density at radius 1 is 1.10 bits per heavy atom. The number of hydrogen-bond acceptors (Lipinski definition) is 3. The lowest BCUT2D eigenvalue weighted by Crippen LogP contribution is -2.13. The van der Waals surface area contributed by atoms with Crippen molar-refractivity contribution < 1.29 is 17.6 Å². The Bertz CT molecular complexity index is 747. The highest BCUT2D eigenvalue weighted by Crippen LogP contribution is 2.22. The molecule has 0 saturated carbocycles. The van der Waals surface area contributed by atoms with E-state index in [1.54, 1.807) is 30.3 Å². The van der Waals surface area contributed by atoms with E-state index < -0.39 is 20.8 Å². The lowest BCUT2D eigenvalue weighted by Gasteiger charge is -2.07. The van der Waals surface area contributed by atoms with Crippen molar-refractivity contribution in [3.8, 4) is 0 Å². The summed E-state index contributed by atoms with van der Waals surface area (Å²) in [6.45, 7) is 0. The Hall–Kier alpha value is -1.92. The largest absolute Gasteiger partial charge is 0.319 e. The summed E-state index contributed by atoms with van der Waals surface area (Å²) in [5.74, 6) is -1.37. The van der Waals surface area contributed by atoms with Crippen molar-refractivity contribution in [1.82, 2.24) is 0 Å². The average Bonchev–Trinajstić information content (AvgIpc) is 2.41. The van der Waals surface area contributed by atoms with Crippen LogP contribution in [0.25, 0.3) is 0 Å². The first-order chi connectivity index (χ1) is 9.38. The van der Waals surface area contributed by atoms with Gasteiger partial charge in [-0.05, 0) is 30.3 Å². The second-order valence-electron chi connectivity index (χ2n) is 3.90. The van der Waals surface area contributed by atoms with Crippen LogP contribution >= 0.6 is 10.7 Å². The minimum Gasteiger partial charge on any atom is -0.319 e. The molecule has 2 aromatic carbocycles. The van der Waals surface area contributed by atoms with Gasteiger partial charge in [-0.25, -0.2) is 12.8 Å². The molecule has 0 aliphatic carbocycles. The van der Waals surface area contributed by atoms with Gasteiger partial charge in [-0.1, -0.05) is 18.2 Å². The van der Waals surface area contributed by atoms with E-state index in [0.29, 0.717) is 5.56 Å². The fourth-order valence-electron chi connectivity index (χ4n) is 1.53. The van der Waals surface area contributed by atoms with E-state index in [-0.39, 0.29) is 10.6 Å². The summed E-state index contributed by atoms with van der Waals surface area (Å²) in [6.07, 6.45) is 0. The van der Waals surface area contributed by atoms with Crippen molar-refractivity contribution in [3.63, 3.8) is 0 Å². The van der Waals surface area contributed by atoms with E-state index >= 15 is 0 Å². The second-order valence-corrected chi connectivity index (χ2v) is 6.47. The van der Waals surface area contributed by atoms with Gasteiger partial charge in [0.15, 0.2) is 0 Å². The van der Waals surface area contributed by atoms with Crippen molar-refractivity contribution in [2.75, 3.05) is 5.32 Å². The van der Waals surface area contributed by atoms with E-state index in [1.807, 2.05) is 0 Å². The molecule has 2 aromatic rings. The molecule has 4 nitrogen and oxygen atoms in total. The van der Waals surface area contributed by atoms with Crippen molar-refractivity contribution >= 4 is 31.3 Å². The lowest BCUT2D eigenvalue weighted by molar-refractivity contribution is 0.102. The number of nitrogens with one attached hydrogen (secondary N) is 1. The predicted molar refractivity (Wildman–Crippen MR) is 73.8 cm³/mol. The molecule has 0 atom stereocenters. The summed E-state index contributed by atoms with van der Waals surface area (Å²) in [4.78, 5) is 11.5. The topological polar surface area (TPSA) is 63.2 Å². The van der Waals surface area contributed by atoms with Gasteiger partial charge in [0.1, 0.15) is 5.82 Å². The van der Waals surface area contributed by atoms with Gasteiger partial charge in [-0.2, -0.15) is 0 Å². The molecule has 7 heteroatoms. The maximum absolute atomic E-state index is 13.7. The van der Waals surface area contributed by atoms with Crippen LogP contribution in [0.1, 0.15) is 10.4 Å². The molecule has 0 aromatic heterocycles. The zero-order valence-corrected chi connectivity index (χ0v) is 11.6. The minimum atomic E-state index is -4.00. The molecule has 0 bridgehead atoms. The van der Waals surface area contributed by atoms with E-state index in [4.69, 9.17) is 10.7 Å². The first-order valence-corrected chi connectivity index (χ1v) is 7.79. The Labute approximate surface area is 119 Å². The number of amides is 1. The Morgan fingerprint density at radius 3 is 2.30 bits per heavy atom. The minimum absolute atomic E-state index is 0.122. The third kappa shape index (κ3) is 3.34. The molecule has 0 fully saturated rings. The number of carbonyl (C=O) groups is 1. The molecular weight excluding hydrogens is 305 g/mol. The van der Waals surface area contributed by atoms with Crippen molar-refractivity contribution in [2.24, 2.45) is 0 Å². The molecule has 0 saturated heterocycles. The predicted octanol–water partition coefficient (Wildman–Crippen LogP) is 3.01. The molecular formula is C13H9ClFNO3S. The SMILES string of the molecule is O=C(Nc1ccc(S(=O)(=O)Cl)cc1F)c1ccccc1. The molecule has 104 valence electrons. The summed E-state index contributed by atoms with van der Waals surface area (Å²) in [7, 11) is 1.10. The van der Waals surface area contributed by atoms with Gasteiger partial charge in [0.25, 0.3) is 15.0 Å². The quantitative estimate of drug-likeness (QED) is 0.886. The fraction of sp³-hybridized carbons (Fsp3) is 0. The Morgan fingerprint density at radius 2 is 1.75 bits per heavy atom. The van der Waals surface area contributed by atoms with Gasteiger partial charge in [0.05, 0.1) is 10.6 Å². The van der Waals surface area contributed by atoms with Crippen LogP contribution in [0.2, 0.25) is 0 Å². The van der Waals surface area contributed by atoms with Gasteiger partial charge < -0.3 is 5.32 Å². The number of carbonyl (C=O) groups excluding carboxylic acids is 1. The smallest absolute Gasteiger partial charge is 0.261 e. The number of benzene rings is 2. The van der Waals surface area contributed by atoms with Crippen LogP contribution in [0.3, 0.4) is 0 Å². The van der Waals surface area contributed by atoms with Gasteiger partial charge >= 0.3 is 0 Å². The molecule has 1 N–H and O–H groups in total. The van der Waals surface area contributed by atoms with Gasteiger partial charge in [-0.15, -0.1) is 0 Å². The zero-order chi connectivity index (χ0) is 14.8. The van der Waals surface area contributed by atoms with Crippen LogP contribution in [0.4, 0.5) is 10.1 Å². The summed E-state index contributed by atoms with van der Waals surface area (Å²) in [6, 6.07) is 11.3. The molecule has 2 rings (SSSR count). The third-order valence-corrected chi connectivity index (χ3v) is 3.86. The van der Waals surface area contributed by atoms with E-state index in [9.17, 15) is 17.6 Å². The lowest BCUT2D eigenvalue weighted by atomic mass is 10.2. The number of anilines is 1. The molecule has 0 aliphatic heterocycles. The third-order valence-electron chi connectivity index (χ3n) is 2.51. The van der Waals surface area contributed by atoms with Gasteiger partial charge in [0, 0.05) is 16.2 Å². The van der Waals surface area contributed by atoms with Crippen molar-refractivity contribution in [3.05, 3.63) is 59.9 Å². The monoisotopic (exact) mass is 313 g/mol. The van der Waals surface area contributed by atoms with Crippen LogP contribution < -0.4 is 5.32 Å². The molecule has 20 heavy (non-hydrogen) atoms. The Balaban J connectivity index is 2.25. The first-order valence-electron chi connectivity index (χ1n) is 5.48. The van der Waals surface area contributed by atoms with Gasteiger partial charge in [-0.3, -0.25) is 4.79 Å². The normalized spacial score (nSPS) is 11.1. The number of hydrogen-bond donors (Lipinski definition) is 1. The molecule has 0 heterocycles. The van der Waals surface area contributed by atoms with Crippen LogP contribution in [0.15, 0.2) is 53.4 Å². The van der Waals surface area contributed by atoms with Gasteiger partial charge in [0.2, 0.25) is 0 Å². The summed E-state index contributed by atoms with van der Waals surface area (Å²) in [5.41, 5.74) is 0.240. The molecule has 0 spiro atoms. The first kappa shape index (κ1) is 14.5. The van der Waals surface area contributed by atoms with E-state index in [1.165, 1.54) is 0 Å². The Kier molecular flexibility index (Phi) is 4.06. The molecule has 1 amide bonds. The van der Waals surface area contributed by atoms with E-state index in [0.717, 1.165) is 18.2 Å². The maximum Gasteiger partial charge on any atom is 0.261 e. The highest BCUT2D eigenvalue weighted by molar-refractivity contribution is 8.13. The fourth-order valence-corrected chi connectivity index (χ4v) is 2.30. The zero-order valence-electron chi connectivity index (χ0n) is 10.0. The second kappa shape index (κ2) is 5.60. The van der Waals surface area contributed by atoms with Crippen LogP contribution in [-0.4, -0.2) is 14.3 Å². The average molecular weight is 314 g/mol. The van der Waals surface area contributed by atoms with Crippen molar-refractivity contribution in [2.45, 2.75) is 4.90 Å². The molecule has 0 radical (unpaired) electrons. The summed E-state index contributed by atoms with van der Waals surface area (Å²) < 4.78 is 35.8. The maximum atomic E-state index is 13.7. The molecule has 0 aliphatic rings.